The maximum absolute atomic E-state index is 12.6. The lowest BCUT2D eigenvalue weighted by Crippen LogP contribution is -2.19. The van der Waals surface area contributed by atoms with Crippen LogP contribution in [0.15, 0.2) is 225 Å². The molecule has 11 rings (SSSR count). The van der Waals surface area contributed by atoms with Crippen molar-refractivity contribution in [2.45, 2.75) is 276 Å². The molecule has 10 aromatic rings. The van der Waals surface area contributed by atoms with E-state index in [1.54, 1.807) is 58.3 Å². The average Bonchev–Trinajstić information content (AvgIpc) is 0.803. The standard InChI is InChI=1S/C18H22O.C12H16O2.C12H18O.C11H13F3O.C11H13F3.C11H16.C10H14O2.2C9H13N/c1-14-10-11-16(18(2,3)4)12-17(14)19-13-15-8-6-5-7-9-15;1-12(2,3)9-4-5-10-11(8-9)14-7-6-13-10;1-9-6-7-10(12(2,3)4)8-11(9)13-5;1-10(2,3)8-5-4-6-9(7-8)15-11(12,13)14;1-10(2,3)8-6-4-5-7-9(8)11(12,13)14;1-9-5-7-10(8-6-9)11(2,3)4;1-10(2,3)7-4-5-8(11)9(12)6-7;1-9(2,3)8-4-6-10-7-5-8;1-9(2,3)8-5-4-6-10-7-8/h5-12H,13H2,1-4H3;4-5,8H,6-7H2,1-3H3;6-8H,1-5H3;4-7H,1-3H3;4-7H,1-3H3;5-8H,1-4H3;4-6,11-12H,1-3H3;2*4-7H,1-3H3. The van der Waals surface area contributed by atoms with Crippen LogP contribution in [0.1, 0.15) is 265 Å². The number of alkyl halides is 6. The molecule has 0 fully saturated rings. The number of aryl methyl sites for hydroxylation is 3. The molecule has 118 heavy (non-hydrogen) atoms. The fourth-order valence-electron chi connectivity index (χ4n) is 11.0. The van der Waals surface area contributed by atoms with Gasteiger partial charge in [-0.25, -0.2) is 0 Å². The van der Waals surface area contributed by atoms with Crippen molar-refractivity contribution < 1.29 is 60.2 Å². The molecule has 0 saturated carbocycles. The number of benzene rings is 8. The summed E-state index contributed by atoms with van der Waals surface area (Å²) in [6, 6.07) is 62.9. The zero-order valence-corrected chi connectivity index (χ0v) is 76.6. The van der Waals surface area contributed by atoms with Crippen LogP contribution in [0.2, 0.25) is 0 Å². The molecule has 0 saturated heterocycles. The van der Waals surface area contributed by atoms with Crippen molar-refractivity contribution in [3.63, 3.8) is 0 Å². The highest BCUT2D eigenvalue weighted by molar-refractivity contribution is 5.47. The zero-order chi connectivity index (χ0) is 89.9. The Morgan fingerprint density at radius 2 is 0.746 bits per heavy atom. The van der Waals surface area contributed by atoms with Gasteiger partial charge in [-0.2, -0.15) is 13.2 Å². The van der Waals surface area contributed by atoms with Crippen LogP contribution in [0.5, 0.6) is 40.2 Å². The van der Waals surface area contributed by atoms with Gasteiger partial charge in [0.15, 0.2) is 23.0 Å². The number of phenolic OH excluding ortho intramolecular Hbond substituents is 2. The summed E-state index contributed by atoms with van der Waals surface area (Å²) in [6.45, 7) is 65.2. The topological polar surface area (TPSA) is 112 Å². The number of ether oxygens (including phenoxy) is 5. The lowest BCUT2D eigenvalue weighted by atomic mass is 9.83. The zero-order valence-electron chi connectivity index (χ0n) is 76.6. The molecule has 0 spiro atoms. The van der Waals surface area contributed by atoms with E-state index in [4.69, 9.17) is 24.1 Å². The smallest absolute Gasteiger partial charge is 0.504 e. The Kier molecular flexibility index (Phi) is 38.0. The number of rotatable bonds is 5. The first kappa shape index (κ1) is 102. The quantitative estimate of drug-likeness (QED) is 0.128. The molecule has 8 aromatic carbocycles. The van der Waals surface area contributed by atoms with Crippen LogP contribution < -0.4 is 23.7 Å². The minimum Gasteiger partial charge on any atom is -0.504 e. The van der Waals surface area contributed by atoms with E-state index in [0.717, 1.165) is 40.2 Å². The minimum atomic E-state index is -4.63. The first-order chi connectivity index (χ1) is 54.0. The molecule has 2 aromatic heterocycles. The van der Waals surface area contributed by atoms with Crippen molar-refractivity contribution >= 4 is 0 Å². The Balaban J connectivity index is 0.000000345. The van der Waals surface area contributed by atoms with Crippen molar-refractivity contribution in [1.29, 1.82) is 0 Å². The lowest BCUT2D eigenvalue weighted by Gasteiger charge is -2.23. The highest BCUT2D eigenvalue weighted by Gasteiger charge is 2.36. The first-order valence-corrected chi connectivity index (χ1v) is 40.3. The number of aromatic nitrogens is 2. The maximum atomic E-state index is 12.6. The van der Waals surface area contributed by atoms with Gasteiger partial charge in [-0.05, 0) is 209 Å². The number of aromatic hydroxyl groups is 2. The van der Waals surface area contributed by atoms with Crippen molar-refractivity contribution in [2.75, 3.05) is 20.3 Å². The SMILES string of the molecule is CC(C)(C)c1ccc(O)c(O)c1.CC(C)(C)c1ccc2c(c1)OCCO2.CC(C)(C)c1cccc(OC(F)(F)F)c1.CC(C)(C)c1ccccc1C(F)(F)F.CC(C)(C)c1cccnc1.CC(C)(C)c1ccncc1.COc1cc(C(C)(C)C)ccc1C.Cc1ccc(C(C)(C)C)cc1.Cc1ccc(C(C)(C)C)cc1OCc1ccccc1. The summed E-state index contributed by atoms with van der Waals surface area (Å²) >= 11 is 0. The molecule has 0 radical (unpaired) electrons. The third kappa shape index (κ3) is 37.9. The molecular weight excluding hydrogens is 1490 g/mol. The monoisotopic (exact) mass is 1630 g/mol. The molecule has 0 aliphatic carbocycles. The number of hydrogen-bond donors (Lipinski definition) is 2. The molecular formula is C103H138F6N2O7. The van der Waals surface area contributed by atoms with Crippen molar-refractivity contribution in [1.82, 2.24) is 9.97 Å². The van der Waals surface area contributed by atoms with E-state index in [0.29, 0.717) is 25.4 Å². The van der Waals surface area contributed by atoms with Crippen molar-refractivity contribution in [2.24, 2.45) is 0 Å². The van der Waals surface area contributed by atoms with Gasteiger partial charge in [-0.1, -0.05) is 320 Å². The summed E-state index contributed by atoms with van der Waals surface area (Å²) in [5.74, 6) is 3.41. The van der Waals surface area contributed by atoms with E-state index in [1.165, 1.54) is 86.0 Å². The summed E-state index contributed by atoms with van der Waals surface area (Å²) in [5, 5.41) is 18.3. The second-order valence-electron chi connectivity index (χ2n) is 38.7. The molecule has 0 unspecified atom stereocenters. The molecule has 15 heteroatoms. The maximum Gasteiger partial charge on any atom is 0.573 e. The number of pyridine rings is 2. The minimum absolute atomic E-state index is 0.00514. The van der Waals surface area contributed by atoms with E-state index in [1.807, 2.05) is 75.8 Å². The van der Waals surface area contributed by atoms with Gasteiger partial charge >= 0.3 is 12.5 Å². The second kappa shape index (κ2) is 43.8. The molecule has 3 heterocycles. The van der Waals surface area contributed by atoms with Crippen molar-refractivity contribution in [3.8, 4) is 40.2 Å². The number of hydrogen-bond acceptors (Lipinski definition) is 9. The number of fused-ring (bicyclic) bond motifs is 1. The number of methoxy groups -OCH3 is 1. The molecule has 0 atom stereocenters. The van der Waals surface area contributed by atoms with Gasteiger partial charge in [0.2, 0.25) is 0 Å². The number of halogens is 6. The summed E-state index contributed by atoms with van der Waals surface area (Å²) < 4.78 is 99.7. The van der Waals surface area contributed by atoms with E-state index in [2.05, 4.69) is 284 Å². The van der Waals surface area contributed by atoms with Gasteiger partial charge < -0.3 is 33.9 Å². The molecule has 644 valence electrons. The predicted octanol–water partition coefficient (Wildman–Crippen LogP) is 29.3. The third-order valence-corrected chi connectivity index (χ3v) is 18.8. The third-order valence-electron chi connectivity index (χ3n) is 18.8. The lowest BCUT2D eigenvalue weighted by molar-refractivity contribution is -0.274. The van der Waals surface area contributed by atoms with Gasteiger partial charge in [-0.3, -0.25) is 9.97 Å². The largest absolute Gasteiger partial charge is 0.573 e. The molecule has 0 bridgehead atoms. The Morgan fingerprint density at radius 3 is 1.17 bits per heavy atom. The molecule has 1 aliphatic rings. The Hall–Kier alpha value is -9.76. The molecule has 9 nitrogen and oxygen atoms in total. The van der Waals surface area contributed by atoms with E-state index in [-0.39, 0.29) is 60.6 Å². The number of phenols is 2. The molecule has 1 aliphatic heterocycles. The fraction of sp³-hybridized carbons (Fsp3) is 0.437. The number of nitrogens with zero attached hydrogens (tertiary/aromatic N) is 2. The summed E-state index contributed by atoms with van der Waals surface area (Å²) in [7, 11) is 1.72. The van der Waals surface area contributed by atoms with E-state index in [9.17, 15) is 31.4 Å². The van der Waals surface area contributed by atoms with Crippen LogP contribution in [0.4, 0.5) is 26.3 Å². The fourth-order valence-corrected chi connectivity index (χ4v) is 11.0. The molecule has 0 amide bonds. The van der Waals surface area contributed by atoms with Gasteiger partial charge in [0.05, 0.1) is 12.7 Å². The summed E-state index contributed by atoms with van der Waals surface area (Å²) in [4.78, 5) is 8.01. The van der Waals surface area contributed by atoms with E-state index < -0.39 is 23.5 Å². The Labute approximate surface area is 705 Å². The van der Waals surface area contributed by atoms with Crippen LogP contribution >= 0.6 is 0 Å². The van der Waals surface area contributed by atoms with Gasteiger partial charge in [0.1, 0.15) is 37.1 Å². The highest BCUT2D eigenvalue weighted by atomic mass is 19.4. The van der Waals surface area contributed by atoms with Crippen LogP contribution in [-0.2, 0) is 61.5 Å². The van der Waals surface area contributed by atoms with Gasteiger partial charge in [0.25, 0.3) is 0 Å². The summed E-state index contributed by atoms with van der Waals surface area (Å²) in [5.41, 5.74) is 15.1. The van der Waals surface area contributed by atoms with Crippen molar-refractivity contribution in [3.05, 3.63) is 303 Å². The highest BCUT2D eigenvalue weighted by Crippen LogP contribution is 2.39. The normalized spacial score (nSPS) is 12.3. The Bertz CT molecular complexity index is 4510. The van der Waals surface area contributed by atoms with Gasteiger partial charge in [-0.15, -0.1) is 13.2 Å². The Morgan fingerprint density at radius 1 is 0.339 bits per heavy atom. The van der Waals surface area contributed by atoms with Crippen LogP contribution in [-0.4, -0.2) is 46.9 Å². The van der Waals surface area contributed by atoms with E-state index >= 15 is 0 Å². The van der Waals surface area contributed by atoms with Crippen LogP contribution in [0.3, 0.4) is 0 Å². The summed E-state index contributed by atoms with van der Waals surface area (Å²) in [6.07, 6.45) is -1.50. The van der Waals surface area contributed by atoms with Crippen LogP contribution in [0.25, 0.3) is 0 Å². The predicted molar refractivity (Wildman–Crippen MR) is 479 cm³/mol. The van der Waals surface area contributed by atoms with Crippen LogP contribution in [0, 0.1) is 20.8 Å². The average molecular weight is 1630 g/mol. The first-order valence-electron chi connectivity index (χ1n) is 40.3. The molecule has 2 N–H and O–H groups in total. The van der Waals surface area contributed by atoms with Gasteiger partial charge in [0, 0.05) is 24.8 Å². The second-order valence-corrected chi connectivity index (χ2v) is 38.7.